The van der Waals surface area contributed by atoms with Crippen molar-refractivity contribution in [3.05, 3.63) is 82.4 Å². The predicted molar refractivity (Wildman–Crippen MR) is 140 cm³/mol. The van der Waals surface area contributed by atoms with Crippen LogP contribution in [0.25, 0.3) is 0 Å². The predicted octanol–water partition coefficient (Wildman–Crippen LogP) is 4.44. The summed E-state index contributed by atoms with van der Waals surface area (Å²) in [7, 11) is 2.14. The van der Waals surface area contributed by atoms with Crippen molar-refractivity contribution in [1.82, 2.24) is 9.80 Å². The number of nitrogens with two attached hydrogens (primary N) is 2. The number of nitrogens with zero attached hydrogens (tertiary/aromatic N) is 4. The lowest BCUT2D eigenvalue weighted by Gasteiger charge is -2.32. The molecule has 4 rings (SSSR count). The monoisotopic (exact) mass is 468 g/mol. The zero-order valence-electron chi connectivity index (χ0n) is 20.6. The van der Waals surface area contributed by atoms with Gasteiger partial charge in [-0.05, 0) is 62.4 Å². The molecule has 7 heteroatoms. The summed E-state index contributed by atoms with van der Waals surface area (Å²) in [4.78, 5) is 4.73. The Morgan fingerprint density at radius 2 is 1.40 bits per heavy atom. The number of rotatable bonds is 4. The number of nitriles is 2. The average Bonchev–Trinajstić information content (AvgIpc) is 2.86. The number of piperazine rings is 1. The number of aryl methyl sites for hydroxylation is 2. The van der Waals surface area contributed by atoms with Gasteiger partial charge in [0, 0.05) is 44.4 Å². The molecule has 0 radical (unpaired) electrons. The molecule has 4 N–H and O–H groups in total. The van der Waals surface area contributed by atoms with E-state index in [1.54, 1.807) is 18.2 Å². The van der Waals surface area contributed by atoms with Crippen molar-refractivity contribution >= 4 is 11.4 Å². The Labute approximate surface area is 207 Å². The number of benzene rings is 3. The summed E-state index contributed by atoms with van der Waals surface area (Å²) in [5, 5.41) is 17.4. The van der Waals surface area contributed by atoms with E-state index in [0.717, 1.165) is 60.9 Å². The molecule has 1 heterocycles. The fourth-order valence-corrected chi connectivity index (χ4v) is 3.92. The Morgan fingerprint density at radius 1 is 0.829 bits per heavy atom. The van der Waals surface area contributed by atoms with Crippen LogP contribution < -0.4 is 16.2 Å². The molecule has 0 spiro atoms. The van der Waals surface area contributed by atoms with Crippen LogP contribution >= 0.6 is 0 Å². The molecule has 0 aromatic heterocycles. The summed E-state index contributed by atoms with van der Waals surface area (Å²) in [6.07, 6.45) is 0. The summed E-state index contributed by atoms with van der Waals surface area (Å²) in [6, 6.07) is 20.7. The van der Waals surface area contributed by atoms with Gasteiger partial charge >= 0.3 is 0 Å². The maximum absolute atomic E-state index is 9.15. The molecule has 180 valence electrons. The molecule has 0 bridgehead atoms. The topological polar surface area (TPSA) is 115 Å². The van der Waals surface area contributed by atoms with Crippen LogP contribution in [0.3, 0.4) is 0 Å². The van der Waals surface area contributed by atoms with Crippen LogP contribution in [0.2, 0.25) is 0 Å². The highest BCUT2D eigenvalue weighted by Gasteiger charge is 2.18. The molecule has 1 aliphatic heterocycles. The number of hydrogen-bond acceptors (Lipinski definition) is 7. The second-order valence-electron chi connectivity index (χ2n) is 8.80. The smallest absolute Gasteiger partial charge is 0.134 e. The van der Waals surface area contributed by atoms with E-state index in [4.69, 9.17) is 26.7 Å². The van der Waals surface area contributed by atoms with Crippen LogP contribution in [0.5, 0.6) is 11.5 Å². The molecule has 0 aliphatic carbocycles. The fraction of sp³-hybridized carbons (Fsp3) is 0.286. The Balaban J connectivity index is 0.000000363. The molecule has 1 fully saturated rings. The molecule has 0 unspecified atom stereocenters. The lowest BCUT2D eigenvalue weighted by Crippen LogP contribution is -2.43. The zero-order chi connectivity index (χ0) is 25.4. The van der Waals surface area contributed by atoms with Crippen molar-refractivity contribution in [2.24, 2.45) is 0 Å². The van der Waals surface area contributed by atoms with Crippen LogP contribution in [-0.4, -0.2) is 43.0 Å². The van der Waals surface area contributed by atoms with Gasteiger partial charge in [-0.3, -0.25) is 4.90 Å². The van der Waals surface area contributed by atoms with Crippen molar-refractivity contribution < 1.29 is 4.74 Å². The molecule has 3 aromatic carbocycles. The number of anilines is 2. The molecule has 35 heavy (non-hydrogen) atoms. The summed E-state index contributed by atoms with van der Waals surface area (Å²) in [6.45, 7) is 8.78. The van der Waals surface area contributed by atoms with Gasteiger partial charge < -0.3 is 21.1 Å². The fourth-order valence-electron chi connectivity index (χ4n) is 3.92. The van der Waals surface area contributed by atoms with Crippen molar-refractivity contribution in [2.75, 3.05) is 44.7 Å². The van der Waals surface area contributed by atoms with Gasteiger partial charge in [-0.15, -0.1) is 0 Å². The number of hydrogen-bond donors (Lipinski definition) is 2. The van der Waals surface area contributed by atoms with E-state index in [0.29, 0.717) is 22.5 Å². The van der Waals surface area contributed by atoms with Crippen LogP contribution in [0.1, 0.15) is 27.8 Å². The van der Waals surface area contributed by atoms with Crippen molar-refractivity contribution in [1.29, 1.82) is 10.5 Å². The Bertz CT molecular complexity index is 1210. The number of nitrogen functional groups attached to an aromatic ring is 2. The van der Waals surface area contributed by atoms with Crippen LogP contribution in [-0.2, 0) is 6.54 Å². The molecule has 0 saturated carbocycles. The highest BCUT2D eigenvalue weighted by atomic mass is 16.5. The zero-order valence-corrected chi connectivity index (χ0v) is 20.6. The second kappa shape index (κ2) is 11.9. The molecule has 1 saturated heterocycles. The van der Waals surface area contributed by atoms with Crippen molar-refractivity contribution in [3.8, 4) is 23.6 Å². The van der Waals surface area contributed by atoms with Crippen LogP contribution in [0.4, 0.5) is 11.4 Å². The van der Waals surface area contributed by atoms with E-state index in [1.807, 2.05) is 56.3 Å². The Kier molecular flexibility index (Phi) is 8.69. The van der Waals surface area contributed by atoms with Gasteiger partial charge in [-0.25, -0.2) is 0 Å². The van der Waals surface area contributed by atoms with Crippen LogP contribution in [0.15, 0.2) is 54.6 Å². The molecular weight excluding hydrogens is 436 g/mol. The van der Waals surface area contributed by atoms with Gasteiger partial charge in [0.15, 0.2) is 0 Å². The van der Waals surface area contributed by atoms with E-state index < -0.39 is 0 Å². The maximum Gasteiger partial charge on any atom is 0.134 e. The first-order valence-corrected chi connectivity index (χ1v) is 11.5. The Hall–Kier alpha value is -4.04. The van der Waals surface area contributed by atoms with E-state index in [2.05, 4.69) is 22.9 Å². The molecule has 7 nitrogen and oxygen atoms in total. The minimum Gasteiger partial charge on any atom is -0.456 e. The van der Waals surface area contributed by atoms with Crippen molar-refractivity contribution in [3.63, 3.8) is 0 Å². The molecular formula is C28H32N6O. The van der Waals surface area contributed by atoms with Gasteiger partial charge in [0.1, 0.15) is 11.5 Å². The third kappa shape index (κ3) is 6.97. The maximum atomic E-state index is 9.15. The van der Waals surface area contributed by atoms with E-state index in [-0.39, 0.29) is 0 Å². The minimum atomic E-state index is 0.510. The standard InChI is InChI=1S/C21H27N5O.C7H5N/c1-14-8-16(12-22)9-15(2)21(14)27-20-11-19(24)18(23)10-17(20)13-26-6-4-25(3)5-7-26;8-6-7-4-2-1-3-5-7/h8-11H,4-7,13,23-24H2,1-3H3;1-5H. The van der Waals surface area contributed by atoms with Gasteiger partial charge in [-0.2, -0.15) is 10.5 Å². The molecule has 0 atom stereocenters. The third-order valence-corrected chi connectivity index (χ3v) is 5.96. The minimum absolute atomic E-state index is 0.510. The van der Waals surface area contributed by atoms with Gasteiger partial charge in [0.05, 0.1) is 34.6 Å². The highest BCUT2D eigenvalue weighted by molar-refractivity contribution is 5.68. The Morgan fingerprint density at radius 3 is 1.94 bits per heavy atom. The molecule has 1 aliphatic rings. The van der Waals surface area contributed by atoms with Gasteiger partial charge in [-0.1, -0.05) is 18.2 Å². The first kappa shape index (κ1) is 25.6. The SMILES string of the molecule is Cc1cc(C#N)cc(C)c1Oc1cc(N)c(N)cc1CN1CCN(C)CC1.N#Cc1ccccc1. The third-order valence-electron chi connectivity index (χ3n) is 5.96. The van der Waals surface area contributed by atoms with E-state index >= 15 is 0 Å². The lowest BCUT2D eigenvalue weighted by atomic mass is 10.1. The summed E-state index contributed by atoms with van der Waals surface area (Å²) in [5.41, 5.74) is 17.4. The second-order valence-corrected chi connectivity index (χ2v) is 8.80. The lowest BCUT2D eigenvalue weighted by molar-refractivity contribution is 0.147. The largest absolute Gasteiger partial charge is 0.456 e. The van der Waals surface area contributed by atoms with Crippen molar-refractivity contribution in [2.45, 2.75) is 20.4 Å². The summed E-state index contributed by atoms with van der Waals surface area (Å²) < 4.78 is 6.29. The quantitative estimate of drug-likeness (QED) is 0.544. The first-order chi connectivity index (χ1) is 16.8. The van der Waals surface area contributed by atoms with E-state index in [9.17, 15) is 0 Å². The average molecular weight is 469 g/mol. The van der Waals surface area contributed by atoms with E-state index in [1.165, 1.54) is 0 Å². The number of ether oxygens (including phenoxy) is 1. The molecule has 3 aromatic rings. The normalized spacial score (nSPS) is 13.7. The summed E-state index contributed by atoms with van der Waals surface area (Å²) >= 11 is 0. The van der Waals surface area contributed by atoms with Crippen LogP contribution in [0, 0.1) is 36.5 Å². The molecule has 0 amide bonds. The highest BCUT2D eigenvalue weighted by Crippen LogP contribution is 2.35. The number of likely N-dealkylation sites (N-methyl/N-ethyl adjacent to an activating group) is 1. The van der Waals surface area contributed by atoms with Gasteiger partial charge in [0.25, 0.3) is 0 Å². The van der Waals surface area contributed by atoms with Gasteiger partial charge in [0.2, 0.25) is 0 Å². The summed E-state index contributed by atoms with van der Waals surface area (Å²) in [5.74, 6) is 1.48. The first-order valence-electron chi connectivity index (χ1n) is 11.5.